The van der Waals surface area contributed by atoms with Gasteiger partial charge in [0.2, 0.25) is 0 Å². The van der Waals surface area contributed by atoms with Gasteiger partial charge in [-0.2, -0.15) is 0 Å². The number of amides is 1. The number of benzene rings is 1. The van der Waals surface area contributed by atoms with Crippen LogP contribution in [-0.2, 0) is 9.84 Å². The first-order chi connectivity index (χ1) is 12.3. The van der Waals surface area contributed by atoms with Gasteiger partial charge in [-0.15, -0.1) is 0 Å². The van der Waals surface area contributed by atoms with Crippen LogP contribution >= 0.6 is 0 Å². The molecule has 2 heterocycles. The van der Waals surface area contributed by atoms with E-state index in [4.69, 9.17) is 0 Å². The number of fused-ring (bicyclic) bond motifs is 1. The average molecular weight is 372 g/mol. The van der Waals surface area contributed by atoms with Gasteiger partial charge in [0.05, 0.1) is 11.8 Å². The second kappa shape index (κ2) is 6.09. The number of aromatic amines is 1. The van der Waals surface area contributed by atoms with Gasteiger partial charge in [-0.1, -0.05) is 12.5 Å². The third kappa shape index (κ3) is 3.07. The number of rotatable bonds is 3. The van der Waals surface area contributed by atoms with Crippen LogP contribution in [0.15, 0.2) is 34.5 Å². The molecular weight excluding hydrogens is 352 g/mol. The highest BCUT2D eigenvalue weighted by atomic mass is 32.2. The van der Waals surface area contributed by atoms with Crippen molar-refractivity contribution in [3.8, 4) is 0 Å². The van der Waals surface area contributed by atoms with Crippen LogP contribution in [0.2, 0.25) is 0 Å². The van der Waals surface area contributed by atoms with Gasteiger partial charge in [0, 0.05) is 16.3 Å². The molecule has 2 aliphatic rings. The third-order valence-corrected chi connectivity index (χ3v) is 6.65. The van der Waals surface area contributed by atoms with E-state index >= 15 is 0 Å². The fraction of sp³-hybridized carbons (Fsp3) is 0.368. The molecule has 1 fully saturated rings. The maximum Gasteiger partial charge on any atom is 0.261 e. The van der Waals surface area contributed by atoms with Crippen molar-refractivity contribution in [2.75, 3.05) is 5.75 Å². The quantitative estimate of drug-likeness (QED) is 0.863. The van der Waals surface area contributed by atoms with E-state index in [2.05, 4.69) is 16.4 Å². The topological polar surface area (TPSA) is 96.1 Å². The Hall–Kier alpha value is -2.41. The van der Waals surface area contributed by atoms with Gasteiger partial charge < -0.3 is 10.3 Å². The van der Waals surface area contributed by atoms with Crippen LogP contribution in [0.4, 0.5) is 0 Å². The second-order valence-electron chi connectivity index (χ2n) is 7.18. The minimum atomic E-state index is -3.27. The molecule has 136 valence electrons. The summed E-state index contributed by atoms with van der Waals surface area (Å²) in [6.07, 6.45) is 5.02. The fourth-order valence-corrected chi connectivity index (χ4v) is 4.81. The Kier molecular flexibility index (Phi) is 3.99. The Morgan fingerprint density at radius 1 is 1.23 bits per heavy atom. The van der Waals surface area contributed by atoms with Crippen LogP contribution in [0.5, 0.6) is 0 Å². The zero-order valence-corrected chi connectivity index (χ0v) is 15.2. The van der Waals surface area contributed by atoms with Crippen LogP contribution < -0.4 is 10.9 Å². The molecule has 1 amide bonds. The van der Waals surface area contributed by atoms with Crippen LogP contribution in [0.25, 0.3) is 10.9 Å². The van der Waals surface area contributed by atoms with Gasteiger partial charge in [-0.05, 0) is 55.0 Å². The van der Waals surface area contributed by atoms with Gasteiger partial charge in [-0.3, -0.25) is 9.59 Å². The van der Waals surface area contributed by atoms with Crippen LogP contribution in [0, 0.1) is 6.92 Å². The maximum absolute atomic E-state index is 12.5. The molecule has 0 spiro atoms. The number of nitrogens with one attached hydrogen (secondary N) is 2. The minimum Gasteiger partial charge on any atom is -0.345 e. The zero-order valence-electron chi connectivity index (χ0n) is 14.4. The predicted molar refractivity (Wildman–Crippen MR) is 100 cm³/mol. The summed E-state index contributed by atoms with van der Waals surface area (Å²) in [5.41, 5.74) is 2.50. The zero-order chi connectivity index (χ0) is 18.5. The van der Waals surface area contributed by atoms with E-state index in [9.17, 15) is 18.0 Å². The molecular formula is C19H20N2O4S. The van der Waals surface area contributed by atoms with Crippen LogP contribution in [0.1, 0.15) is 46.7 Å². The Morgan fingerprint density at radius 3 is 2.62 bits per heavy atom. The Bertz CT molecular complexity index is 1090. The number of sulfone groups is 1. The first-order valence-corrected chi connectivity index (χ1v) is 10.4. The van der Waals surface area contributed by atoms with Gasteiger partial charge in [0.1, 0.15) is 5.56 Å². The van der Waals surface area contributed by atoms with E-state index in [-0.39, 0.29) is 11.3 Å². The SMILES string of the molecule is Cc1cc(C2CCC2)cc2[nH]c(=O)c(C(=O)N[C@@H]3C=CS(=O)(=O)C3)cc12. The largest absolute Gasteiger partial charge is 0.345 e. The predicted octanol–water partition coefficient (Wildman–Crippen LogP) is 2.14. The summed E-state index contributed by atoms with van der Waals surface area (Å²) in [6.45, 7) is 1.97. The lowest BCUT2D eigenvalue weighted by Gasteiger charge is -2.26. The molecule has 1 aromatic carbocycles. The molecule has 0 radical (unpaired) electrons. The molecule has 1 atom stereocenters. The van der Waals surface area contributed by atoms with Crippen molar-refractivity contribution in [1.29, 1.82) is 0 Å². The molecule has 7 heteroatoms. The van der Waals surface area contributed by atoms with Crippen molar-refractivity contribution in [3.05, 3.63) is 56.7 Å². The summed E-state index contributed by atoms with van der Waals surface area (Å²) in [7, 11) is -3.27. The summed E-state index contributed by atoms with van der Waals surface area (Å²) in [6, 6.07) is 5.11. The number of aryl methyl sites for hydroxylation is 1. The van der Waals surface area contributed by atoms with Crippen molar-refractivity contribution in [2.45, 2.75) is 38.1 Å². The second-order valence-corrected chi connectivity index (χ2v) is 9.11. The van der Waals surface area contributed by atoms with Crippen LogP contribution in [-0.4, -0.2) is 31.1 Å². The van der Waals surface area contributed by atoms with Gasteiger partial charge in [0.15, 0.2) is 9.84 Å². The smallest absolute Gasteiger partial charge is 0.261 e. The Labute approximate surface area is 151 Å². The van der Waals surface area contributed by atoms with E-state index in [0.29, 0.717) is 5.92 Å². The third-order valence-electron chi connectivity index (χ3n) is 5.26. The fourth-order valence-electron chi connectivity index (χ4n) is 3.58. The van der Waals surface area contributed by atoms with E-state index in [0.717, 1.165) is 21.9 Å². The molecule has 0 saturated heterocycles. The number of aromatic nitrogens is 1. The van der Waals surface area contributed by atoms with E-state index in [1.54, 1.807) is 6.07 Å². The number of pyridine rings is 1. The van der Waals surface area contributed by atoms with Gasteiger partial charge >= 0.3 is 0 Å². The van der Waals surface area contributed by atoms with Crippen molar-refractivity contribution < 1.29 is 13.2 Å². The molecule has 0 unspecified atom stereocenters. The highest BCUT2D eigenvalue weighted by molar-refractivity contribution is 7.94. The lowest BCUT2D eigenvalue weighted by Crippen LogP contribution is -2.38. The summed E-state index contributed by atoms with van der Waals surface area (Å²) in [5, 5.41) is 4.52. The Balaban J connectivity index is 1.66. The van der Waals surface area contributed by atoms with E-state index in [1.165, 1.54) is 30.9 Å². The highest BCUT2D eigenvalue weighted by Crippen LogP contribution is 2.37. The van der Waals surface area contributed by atoms with Crippen LogP contribution in [0.3, 0.4) is 0 Å². The van der Waals surface area contributed by atoms with Crippen molar-refractivity contribution in [3.63, 3.8) is 0 Å². The molecule has 0 bridgehead atoms. The molecule has 1 saturated carbocycles. The first kappa shape index (κ1) is 17.0. The molecule has 1 aliphatic heterocycles. The number of hydrogen-bond donors (Lipinski definition) is 2. The number of carbonyl (C=O) groups is 1. The van der Waals surface area contributed by atoms with E-state index in [1.807, 2.05) is 13.0 Å². The number of hydrogen-bond acceptors (Lipinski definition) is 4. The van der Waals surface area contributed by atoms with Crippen molar-refractivity contribution >= 4 is 26.6 Å². The molecule has 2 N–H and O–H groups in total. The summed E-state index contributed by atoms with van der Waals surface area (Å²) in [5.74, 6) is -0.184. The normalized spacial score (nSPS) is 21.7. The van der Waals surface area contributed by atoms with Crippen molar-refractivity contribution in [2.24, 2.45) is 0 Å². The molecule has 26 heavy (non-hydrogen) atoms. The monoisotopic (exact) mass is 372 g/mol. The minimum absolute atomic E-state index is 0.00491. The van der Waals surface area contributed by atoms with Gasteiger partial charge in [0.25, 0.3) is 11.5 Å². The first-order valence-electron chi connectivity index (χ1n) is 8.72. The standard InChI is InChI=1S/C19H20N2O4S/c1-11-7-13(12-3-2-4-12)8-17-15(11)9-16(19(23)21-17)18(22)20-14-5-6-26(24,25)10-14/h5-9,12,14H,2-4,10H2,1H3,(H,20,22)(H,21,23)/t14-/m1/s1. The lowest BCUT2D eigenvalue weighted by atomic mass is 9.79. The summed E-state index contributed by atoms with van der Waals surface area (Å²) < 4.78 is 22.9. The van der Waals surface area contributed by atoms with Crippen molar-refractivity contribution in [1.82, 2.24) is 10.3 Å². The lowest BCUT2D eigenvalue weighted by molar-refractivity contribution is 0.0946. The maximum atomic E-state index is 12.5. The highest BCUT2D eigenvalue weighted by Gasteiger charge is 2.25. The summed E-state index contributed by atoms with van der Waals surface area (Å²) >= 11 is 0. The molecule has 4 rings (SSSR count). The molecule has 1 aromatic heterocycles. The average Bonchev–Trinajstić information content (AvgIpc) is 2.83. The van der Waals surface area contributed by atoms with Gasteiger partial charge in [-0.25, -0.2) is 8.42 Å². The Morgan fingerprint density at radius 2 is 2.00 bits per heavy atom. The molecule has 6 nitrogen and oxygen atoms in total. The summed E-state index contributed by atoms with van der Waals surface area (Å²) in [4.78, 5) is 27.7. The number of H-pyrrole nitrogens is 1. The molecule has 2 aromatic rings. The number of carbonyl (C=O) groups excluding carboxylic acids is 1. The molecule has 1 aliphatic carbocycles. The van der Waals surface area contributed by atoms with E-state index < -0.39 is 27.3 Å².